The van der Waals surface area contributed by atoms with Gasteiger partial charge >= 0.3 is 19.8 Å². The van der Waals surface area contributed by atoms with Crippen LogP contribution in [0.5, 0.6) is 0 Å². The molecule has 0 rings (SSSR count). The Bertz CT molecular complexity index is 1980. The summed E-state index contributed by atoms with van der Waals surface area (Å²) in [7, 11) is 1.51. The SMILES string of the molecule is CC/C=C\C/C=C\C/C=C\C/C=C\C/C=C\CCCCCCCCCCCCCCCCCCCCCCCCCCCC(=O)OC(COC(=O)CCCCCCCCCCCCCCCCCCCCCCCCCCCCCCCCCCCCCCCCCCC)COP(=O)(O)OCC[N+](C)(C)C. The highest BCUT2D eigenvalue weighted by Gasteiger charge is 2.27. The van der Waals surface area contributed by atoms with Gasteiger partial charge in [-0.15, -0.1) is 0 Å². The Morgan fingerprint density at radius 2 is 0.538 bits per heavy atom. The molecule has 0 aromatic rings. The molecule has 0 radical (unpaired) electrons. The largest absolute Gasteiger partial charge is 0.472 e. The summed E-state index contributed by atoms with van der Waals surface area (Å²) in [4.78, 5) is 36.1. The van der Waals surface area contributed by atoms with E-state index < -0.39 is 26.5 Å². The van der Waals surface area contributed by atoms with E-state index in [4.69, 9.17) is 18.5 Å². The van der Waals surface area contributed by atoms with Gasteiger partial charge in [0, 0.05) is 12.8 Å². The first-order valence-electron chi connectivity index (χ1n) is 47.0. The number of nitrogens with zero attached hydrogens (tertiary/aromatic N) is 1. The van der Waals surface area contributed by atoms with Crippen LogP contribution in [0.3, 0.4) is 0 Å². The number of hydrogen-bond acceptors (Lipinski definition) is 7. The van der Waals surface area contributed by atoms with Crippen molar-refractivity contribution in [3.63, 3.8) is 0 Å². The van der Waals surface area contributed by atoms with E-state index in [9.17, 15) is 19.0 Å². The summed E-state index contributed by atoms with van der Waals surface area (Å²) in [5.41, 5.74) is 0. The molecule has 0 aromatic carbocycles. The minimum Gasteiger partial charge on any atom is -0.462 e. The van der Waals surface area contributed by atoms with Gasteiger partial charge < -0.3 is 18.9 Å². The number of likely N-dealkylation sites (N-methyl/N-ethyl adjacent to an activating group) is 1. The van der Waals surface area contributed by atoms with Gasteiger partial charge in [0.05, 0.1) is 27.7 Å². The van der Waals surface area contributed by atoms with Crippen LogP contribution in [0.1, 0.15) is 489 Å². The molecule has 0 aromatic heterocycles. The third-order valence-electron chi connectivity index (χ3n) is 21.6. The normalized spacial score (nSPS) is 13.2. The smallest absolute Gasteiger partial charge is 0.462 e. The fraction of sp³-hybridized carbons (Fsp3) is 0.875. The highest BCUT2D eigenvalue weighted by atomic mass is 31.2. The number of carbonyl (C=O) groups is 2. The second-order valence-corrected chi connectivity index (χ2v) is 34.8. The van der Waals surface area contributed by atoms with Crippen LogP contribution in [-0.2, 0) is 32.7 Å². The summed E-state index contributed by atoms with van der Waals surface area (Å²) >= 11 is 0. The molecule has 0 aliphatic heterocycles. The molecule has 1 N–H and O–H groups in total. The van der Waals surface area contributed by atoms with Gasteiger partial charge in [0.1, 0.15) is 19.8 Å². The number of quaternary nitrogens is 1. The third-order valence-corrected chi connectivity index (χ3v) is 22.5. The molecule has 106 heavy (non-hydrogen) atoms. The maximum absolute atomic E-state index is 13.0. The molecule has 9 nitrogen and oxygen atoms in total. The van der Waals surface area contributed by atoms with E-state index in [1.54, 1.807) is 0 Å². The highest BCUT2D eigenvalue weighted by Crippen LogP contribution is 2.43. The number of unbranched alkanes of at least 4 members (excludes halogenated alkanes) is 65. The number of allylic oxidation sites excluding steroid dienone is 10. The molecule has 0 heterocycles. The average molecular weight is 1510 g/mol. The first kappa shape index (κ1) is 104. The van der Waals surface area contributed by atoms with E-state index >= 15 is 0 Å². The van der Waals surface area contributed by atoms with E-state index in [0.717, 1.165) is 64.2 Å². The molecule has 0 aliphatic carbocycles. The number of carbonyl (C=O) groups excluding carboxylic acids is 2. The summed E-state index contributed by atoms with van der Waals surface area (Å²) in [5, 5.41) is 0. The number of rotatable bonds is 89. The summed E-state index contributed by atoms with van der Waals surface area (Å²) < 4.78 is 34.9. The quantitative estimate of drug-likeness (QED) is 0.0211. The van der Waals surface area contributed by atoms with Crippen LogP contribution in [0.4, 0.5) is 0 Å². The van der Waals surface area contributed by atoms with Crippen LogP contribution in [0.15, 0.2) is 60.8 Å². The zero-order valence-corrected chi connectivity index (χ0v) is 72.6. The Labute approximate surface area is 661 Å². The third kappa shape index (κ3) is 90.6. The topological polar surface area (TPSA) is 108 Å². The molecule has 0 aliphatic rings. The first-order chi connectivity index (χ1) is 52.0. The maximum atomic E-state index is 13.0. The molecule has 0 spiro atoms. The second-order valence-electron chi connectivity index (χ2n) is 33.4. The van der Waals surface area contributed by atoms with Crippen LogP contribution in [0.2, 0.25) is 0 Å². The molecule has 10 heteroatoms. The monoisotopic (exact) mass is 1510 g/mol. The Kier molecular flexibility index (Phi) is 84.8. The van der Waals surface area contributed by atoms with E-state index in [2.05, 4.69) is 74.6 Å². The van der Waals surface area contributed by atoms with Crippen molar-refractivity contribution < 1.29 is 42.1 Å². The van der Waals surface area contributed by atoms with Crippen LogP contribution in [0, 0.1) is 0 Å². The molecule has 0 saturated carbocycles. The zero-order valence-electron chi connectivity index (χ0n) is 71.7. The van der Waals surface area contributed by atoms with Gasteiger partial charge in [-0.2, -0.15) is 0 Å². The van der Waals surface area contributed by atoms with E-state index in [1.807, 2.05) is 21.1 Å². The molecular formula is C96H183NO8P+. The van der Waals surface area contributed by atoms with Crippen molar-refractivity contribution in [1.29, 1.82) is 0 Å². The summed E-state index contributed by atoms with van der Waals surface area (Å²) in [5.74, 6) is -0.768. The predicted molar refractivity (Wildman–Crippen MR) is 464 cm³/mol. The van der Waals surface area contributed by atoms with Gasteiger partial charge in [-0.05, 0) is 57.8 Å². The van der Waals surface area contributed by atoms with Crippen molar-refractivity contribution in [1.82, 2.24) is 0 Å². The lowest BCUT2D eigenvalue weighted by molar-refractivity contribution is -0.870. The van der Waals surface area contributed by atoms with Gasteiger partial charge in [-0.1, -0.05) is 479 Å². The van der Waals surface area contributed by atoms with E-state index in [-0.39, 0.29) is 25.6 Å². The van der Waals surface area contributed by atoms with Gasteiger partial charge in [0.15, 0.2) is 6.10 Å². The van der Waals surface area contributed by atoms with Gasteiger partial charge in [-0.25, -0.2) is 4.57 Å². The zero-order chi connectivity index (χ0) is 76.8. The molecule has 0 bridgehead atoms. The van der Waals surface area contributed by atoms with Crippen molar-refractivity contribution in [2.24, 2.45) is 0 Å². The lowest BCUT2D eigenvalue weighted by Crippen LogP contribution is -2.37. The van der Waals surface area contributed by atoms with Crippen molar-refractivity contribution in [2.75, 3.05) is 47.5 Å². The standard InChI is InChI=1S/C96H182NO8P/c1-6-8-10-12-14-16-18-20-22-24-26-28-30-32-34-36-38-40-42-44-46-48-50-52-54-56-58-60-62-64-66-68-70-72-74-76-78-80-82-84-86-88-95(98)102-92-94(93-104-106(100,101)103-91-90-97(3,4)5)105-96(99)89-87-85-83-81-79-77-75-73-71-69-67-65-63-61-59-57-55-53-51-49-47-45-43-41-39-37-35-33-31-29-27-25-23-21-19-17-15-13-11-9-7-2/h9,11,15,17,21,23,27,29,33,35,94H,6-8,10,12-14,16,18-20,22,24-26,28,30-32,34,36-93H2,1-5H3/p+1/b11-9-,17-15-,23-21-,29-27-,35-33-. The molecule has 0 saturated heterocycles. The molecule has 2 atom stereocenters. The van der Waals surface area contributed by atoms with E-state index in [1.165, 1.54) is 392 Å². The first-order valence-corrected chi connectivity index (χ1v) is 48.5. The Balaban J connectivity index is 3.81. The van der Waals surface area contributed by atoms with Crippen LogP contribution < -0.4 is 0 Å². The highest BCUT2D eigenvalue weighted by molar-refractivity contribution is 7.47. The number of esters is 2. The molecule has 2 unspecified atom stereocenters. The minimum absolute atomic E-state index is 0.0352. The molecule has 624 valence electrons. The lowest BCUT2D eigenvalue weighted by atomic mass is 10.0. The number of ether oxygens (including phenoxy) is 2. The maximum Gasteiger partial charge on any atom is 0.472 e. The van der Waals surface area contributed by atoms with Crippen LogP contribution in [-0.4, -0.2) is 74.9 Å². The van der Waals surface area contributed by atoms with Gasteiger partial charge in [-0.3, -0.25) is 18.6 Å². The van der Waals surface area contributed by atoms with Crippen LogP contribution in [0.25, 0.3) is 0 Å². The lowest BCUT2D eigenvalue weighted by Gasteiger charge is -2.24. The Morgan fingerprint density at radius 1 is 0.302 bits per heavy atom. The molecular weight excluding hydrogens is 1330 g/mol. The number of hydrogen-bond donors (Lipinski definition) is 1. The van der Waals surface area contributed by atoms with Crippen molar-refractivity contribution in [3.8, 4) is 0 Å². The van der Waals surface area contributed by atoms with Crippen LogP contribution >= 0.6 is 7.82 Å². The van der Waals surface area contributed by atoms with Crippen molar-refractivity contribution >= 4 is 19.8 Å². The fourth-order valence-electron chi connectivity index (χ4n) is 14.5. The summed E-state index contributed by atoms with van der Waals surface area (Å²) in [6.07, 6.45) is 119. The Morgan fingerprint density at radius 3 is 0.802 bits per heavy atom. The minimum atomic E-state index is -4.40. The number of phosphoric ester groups is 1. The Hall–Kier alpha value is -2.29. The van der Waals surface area contributed by atoms with Gasteiger partial charge in [0.2, 0.25) is 0 Å². The van der Waals surface area contributed by atoms with E-state index in [0.29, 0.717) is 23.9 Å². The van der Waals surface area contributed by atoms with Gasteiger partial charge in [0.25, 0.3) is 0 Å². The second kappa shape index (κ2) is 86.7. The average Bonchev–Trinajstić information content (AvgIpc) is 0.908. The number of phosphoric acid groups is 1. The fourth-order valence-corrected chi connectivity index (χ4v) is 15.2. The molecule has 0 fully saturated rings. The predicted octanol–water partition coefficient (Wildman–Crippen LogP) is 32.0. The van der Waals surface area contributed by atoms with Crippen molar-refractivity contribution in [2.45, 2.75) is 495 Å². The molecule has 0 amide bonds. The van der Waals surface area contributed by atoms with Crippen molar-refractivity contribution in [3.05, 3.63) is 60.8 Å². The summed E-state index contributed by atoms with van der Waals surface area (Å²) in [6, 6.07) is 0. The summed E-state index contributed by atoms with van der Waals surface area (Å²) in [6.45, 7) is 4.41.